The Morgan fingerprint density at radius 3 is 2.45 bits per heavy atom. The maximum absolute atomic E-state index is 10.9. The molecule has 1 aromatic carbocycles. The van der Waals surface area contributed by atoms with E-state index in [0.29, 0.717) is 23.5 Å². The fourth-order valence-corrected chi connectivity index (χ4v) is 1.94. The number of nitro benzene ring substituents is 1. The first-order valence-electron chi connectivity index (χ1n) is 6.51. The maximum Gasteiger partial charge on any atom is 0.272 e. The number of nitrogens with two attached hydrogens (primary N) is 1. The van der Waals surface area contributed by atoms with E-state index in [1.54, 1.807) is 19.1 Å². The third-order valence-corrected chi connectivity index (χ3v) is 3.27. The molecule has 0 unspecified atom stereocenters. The molecule has 0 saturated heterocycles. The van der Waals surface area contributed by atoms with Crippen molar-refractivity contribution in [3.63, 3.8) is 0 Å². The SMILES string of the molecule is Cc1ccc([C@@H](N)[C@@H](O)CCC(C)C)cc1[N+](=O)[O-].Cl. The molecule has 3 N–H and O–H groups in total. The lowest BCUT2D eigenvalue weighted by Crippen LogP contribution is -2.26. The van der Waals surface area contributed by atoms with Gasteiger partial charge in [-0.05, 0) is 31.2 Å². The Morgan fingerprint density at radius 1 is 1.35 bits per heavy atom. The second-order valence-electron chi connectivity index (χ2n) is 5.37. The molecule has 0 aliphatic heterocycles. The van der Waals surface area contributed by atoms with Crippen LogP contribution in [0.25, 0.3) is 0 Å². The van der Waals surface area contributed by atoms with Crippen LogP contribution in [-0.2, 0) is 0 Å². The van der Waals surface area contributed by atoms with Crippen LogP contribution in [0.3, 0.4) is 0 Å². The number of nitrogens with zero attached hydrogens (tertiary/aromatic N) is 1. The van der Waals surface area contributed by atoms with Gasteiger partial charge in [0, 0.05) is 11.6 Å². The van der Waals surface area contributed by atoms with Gasteiger partial charge >= 0.3 is 0 Å². The molecule has 1 aromatic rings. The van der Waals surface area contributed by atoms with Crippen LogP contribution in [0.4, 0.5) is 5.69 Å². The zero-order valence-electron chi connectivity index (χ0n) is 12.1. The molecule has 0 spiro atoms. The highest BCUT2D eigenvalue weighted by molar-refractivity contribution is 5.85. The summed E-state index contributed by atoms with van der Waals surface area (Å²) in [6, 6.07) is 4.28. The fourth-order valence-electron chi connectivity index (χ4n) is 1.94. The zero-order valence-corrected chi connectivity index (χ0v) is 12.9. The van der Waals surface area contributed by atoms with Crippen molar-refractivity contribution in [1.82, 2.24) is 0 Å². The van der Waals surface area contributed by atoms with E-state index >= 15 is 0 Å². The van der Waals surface area contributed by atoms with E-state index in [1.165, 1.54) is 6.07 Å². The van der Waals surface area contributed by atoms with Crippen molar-refractivity contribution >= 4 is 18.1 Å². The number of halogens is 1. The number of rotatable bonds is 6. The molecule has 0 radical (unpaired) electrons. The molecule has 0 aliphatic rings. The average Bonchev–Trinajstić information content (AvgIpc) is 2.35. The predicted molar refractivity (Wildman–Crippen MR) is 82.1 cm³/mol. The Balaban J connectivity index is 0.00000361. The summed E-state index contributed by atoms with van der Waals surface area (Å²) in [5, 5.41) is 20.9. The first kappa shape index (κ1) is 18.8. The van der Waals surface area contributed by atoms with Gasteiger partial charge in [0.2, 0.25) is 0 Å². The van der Waals surface area contributed by atoms with Crippen molar-refractivity contribution < 1.29 is 10.0 Å². The second-order valence-corrected chi connectivity index (χ2v) is 5.37. The quantitative estimate of drug-likeness (QED) is 0.624. The molecular weight excluding hydrogens is 280 g/mol. The van der Waals surface area contributed by atoms with Gasteiger partial charge in [0.15, 0.2) is 0 Å². The smallest absolute Gasteiger partial charge is 0.272 e. The summed E-state index contributed by atoms with van der Waals surface area (Å²) in [5.41, 5.74) is 7.22. The average molecular weight is 303 g/mol. The third-order valence-electron chi connectivity index (χ3n) is 3.27. The summed E-state index contributed by atoms with van der Waals surface area (Å²) in [4.78, 5) is 10.5. The number of aryl methyl sites for hydroxylation is 1. The second kappa shape index (κ2) is 8.19. The first-order valence-corrected chi connectivity index (χ1v) is 6.51. The molecule has 1 rings (SSSR count). The van der Waals surface area contributed by atoms with Crippen molar-refractivity contribution in [2.45, 2.75) is 45.8 Å². The fraction of sp³-hybridized carbons (Fsp3) is 0.571. The van der Waals surface area contributed by atoms with Crippen LogP contribution >= 0.6 is 12.4 Å². The Labute approximate surface area is 125 Å². The first-order chi connectivity index (χ1) is 8.82. The monoisotopic (exact) mass is 302 g/mol. The van der Waals surface area contributed by atoms with Crippen molar-refractivity contribution in [1.29, 1.82) is 0 Å². The summed E-state index contributed by atoms with van der Waals surface area (Å²) < 4.78 is 0. The number of hydrogen-bond acceptors (Lipinski definition) is 4. The summed E-state index contributed by atoms with van der Waals surface area (Å²) in [6.45, 7) is 5.84. The van der Waals surface area contributed by atoms with Crippen LogP contribution in [-0.4, -0.2) is 16.1 Å². The van der Waals surface area contributed by atoms with Crippen molar-refractivity contribution in [3.8, 4) is 0 Å². The molecule has 0 bridgehead atoms. The molecule has 6 heteroatoms. The zero-order chi connectivity index (χ0) is 14.6. The van der Waals surface area contributed by atoms with Crippen molar-refractivity contribution in [2.75, 3.05) is 0 Å². The molecule has 0 aliphatic carbocycles. The minimum absolute atomic E-state index is 0. The van der Waals surface area contributed by atoms with Gasteiger partial charge in [-0.3, -0.25) is 10.1 Å². The van der Waals surface area contributed by atoms with Gasteiger partial charge in [0.05, 0.1) is 17.1 Å². The molecule has 2 atom stereocenters. The van der Waals surface area contributed by atoms with Gasteiger partial charge in [-0.1, -0.05) is 26.0 Å². The summed E-state index contributed by atoms with van der Waals surface area (Å²) in [5.74, 6) is 0.495. The standard InChI is InChI=1S/C14H22N2O3.ClH/c1-9(2)4-7-13(17)14(15)11-6-5-10(3)12(8-11)16(18)19;/h5-6,8-9,13-14,17H,4,7,15H2,1-3H3;1H/t13-,14+;/m0./s1. The molecule has 0 heterocycles. The van der Waals surface area contributed by atoms with Crippen LogP contribution in [0, 0.1) is 23.0 Å². The summed E-state index contributed by atoms with van der Waals surface area (Å²) in [6.07, 6.45) is 0.799. The van der Waals surface area contributed by atoms with Gasteiger partial charge in [-0.15, -0.1) is 12.4 Å². The Morgan fingerprint density at radius 2 is 1.95 bits per heavy atom. The van der Waals surface area contributed by atoms with Crippen molar-refractivity contribution in [2.24, 2.45) is 11.7 Å². The van der Waals surface area contributed by atoms with E-state index in [9.17, 15) is 15.2 Å². The van der Waals surface area contributed by atoms with E-state index in [4.69, 9.17) is 5.73 Å². The van der Waals surface area contributed by atoms with Crippen LogP contribution < -0.4 is 5.73 Å². The van der Waals surface area contributed by atoms with E-state index in [2.05, 4.69) is 13.8 Å². The highest BCUT2D eigenvalue weighted by Gasteiger charge is 2.20. The topological polar surface area (TPSA) is 89.4 Å². The molecule has 5 nitrogen and oxygen atoms in total. The Kier molecular flexibility index (Phi) is 7.71. The molecule has 0 saturated carbocycles. The van der Waals surface area contributed by atoms with Gasteiger partial charge in [0.1, 0.15) is 0 Å². The van der Waals surface area contributed by atoms with Gasteiger partial charge in [-0.25, -0.2) is 0 Å². The van der Waals surface area contributed by atoms with Crippen LogP contribution in [0.2, 0.25) is 0 Å². The molecule has 0 amide bonds. The number of aliphatic hydroxyl groups excluding tert-OH is 1. The molecule has 0 fully saturated rings. The Hall–Kier alpha value is -1.17. The maximum atomic E-state index is 10.9. The highest BCUT2D eigenvalue weighted by Crippen LogP contribution is 2.25. The highest BCUT2D eigenvalue weighted by atomic mass is 35.5. The molecular formula is C14H23ClN2O3. The largest absolute Gasteiger partial charge is 0.391 e. The van der Waals surface area contributed by atoms with Gasteiger partial charge in [-0.2, -0.15) is 0 Å². The van der Waals surface area contributed by atoms with E-state index in [0.717, 1.165) is 6.42 Å². The van der Waals surface area contributed by atoms with Crippen molar-refractivity contribution in [3.05, 3.63) is 39.4 Å². The minimum Gasteiger partial charge on any atom is -0.391 e. The summed E-state index contributed by atoms with van der Waals surface area (Å²) in [7, 11) is 0. The normalized spacial score (nSPS) is 13.7. The minimum atomic E-state index is -0.676. The van der Waals surface area contributed by atoms with Gasteiger partial charge in [0.25, 0.3) is 5.69 Å². The van der Waals surface area contributed by atoms with Crippen LogP contribution in [0.15, 0.2) is 18.2 Å². The van der Waals surface area contributed by atoms with Gasteiger partial charge < -0.3 is 10.8 Å². The molecule has 114 valence electrons. The number of aliphatic hydroxyl groups is 1. The number of benzene rings is 1. The lowest BCUT2D eigenvalue weighted by Gasteiger charge is -2.20. The Bertz CT molecular complexity index is 452. The van der Waals surface area contributed by atoms with E-state index in [1.807, 2.05) is 0 Å². The number of nitro groups is 1. The predicted octanol–water partition coefficient (Wildman–Crippen LogP) is 3.12. The van der Waals surface area contributed by atoms with Crippen LogP contribution in [0.1, 0.15) is 43.9 Å². The van der Waals surface area contributed by atoms with Crippen LogP contribution in [0.5, 0.6) is 0 Å². The lowest BCUT2D eigenvalue weighted by molar-refractivity contribution is -0.385. The number of hydrogen-bond donors (Lipinski definition) is 2. The van der Waals surface area contributed by atoms with E-state index in [-0.39, 0.29) is 18.1 Å². The lowest BCUT2D eigenvalue weighted by atomic mass is 9.95. The molecule has 0 aromatic heterocycles. The van der Waals surface area contributed by atoms with E-state index < -0.39 is 17.1 Å². The third kappa shape index (κ3) is 5.07. The summed E-state index contributed by atoms with van der Waals surface area (Å²) >= 11 is 0. The molecule has 20 heavy (non-hydrogen) atoms.